The summed E-state index contributed by atoms with van der Waals surface area (Å²) in [6.07, 6.45) is 10.2. The van der Waals surface area contributed by atoms with E-state index in [4.69, 9.17) is 0 Å². The monoisotopic (exact) mass is 505 g/mol. The van der Waals surface area contributed by atoms with Crippen LogP contribution in [-0.4, -0.2) is 22.0 Å². The van der Waals surface area contributed by atoms with Gasteiger partial charge in [-0.25, -0.2) is 14.4 Å². The molecule has 0 atom stereocenters. The van der Waals surface area contributed by atoms with Gasteiger partial charge in [-0.15, -0.1) is 0 Å². The average Bonchev–Trinajstić information content (AvgIpc) is 3.39. The summed E-state index contributed by atoms with van der Waals surface area (Å²) >= 11 is 0. The van der Waals surface area contributed by atoms with E-state index in [2.05, 4.69) is 51.4 Å². The normalized spacial score (nSPS) is 11.9. The minimum absolute atomic E-state index is 0.281. The predicted molar refractivity (Wildman–Crippen MR) is 158 cm³/mol. The van der Waals surface area contributed by atoms with Crippen LogP contribution < -0.4 is 10.6 Å². The highest BCUT2D eigenvalue weighted by atomic mass is 19.1. The van der Waals surface area contributed by atoms with Gasteiger partial charge in [0.15, 0.2) is 0 Å². The van der Waals surface area contributed by atoms with Gasteiger partial charge in [0.25, 0.3) is 0 Å². The summed E-state index contributed by atoms with van der Waals surface area (Å²) in [7, 11) is 1.83. The predicted octanol–water partition coefficient (Wildman–Crippen LogP) is 7.85. The number of hydrogen-bond acceptors (Lipinski definition) is 4. The second-order valence-corrected chi connectivity index (χ2v) is 8.79. The lowest BCUT2D eigenvalue weighted by Gasteiger charge is -2.14. The quantitative estimate of drug-likeness (QED) is 0.192. The second-order valence-electron chi connectivity index (χ2n) is 8.79. The van der Waals surface area contributed by atoms with Crippen LogP contribution in [0.2, 0.25) is 0 Å². The van der Waals surface area contributed by atoms with E-state index in [1.807, 2.05) is 57.4 Å². The lowest BCUT2D eigenvalue weighted by molar-refractivity contribution is 0.628. The summed E-state index contributed by atoms with van der Waals surface area (Å²) in [6, 6.07) is 12.5. The Kier molecular flexibility index (Phi) is 8.02. The van der Waals surface area contributed by atoms with Crippen molar-refractivity contribution in [3.8, 4) is 11.1 Å². The number of aromatic amines is 1. The zero-order valence-corrected chi connectivity index (χ0v) is 22.0. The van der Waals surface area contributed by atoms with Gasteiger partial charge >= 0.3 is 0 Å². The molecular formula is C32H32FN5. The zero-order chi connectivity index (χ0) is 27.2. The van der Waals surface area contributed by atoms with E-state index >= 15 is 0 Å². The van der Waals surface area contributed by atoms with Crippen molar-refractivity contribution in [3.63, 3.8) is 0 Å². The number of anilines is 1. The molecule has 0 aliphatic heterocycles. The summed E-state index contributed by atoms with van der Waals surface area (Å²) in [5.74, 6) is 0.424. The fourth-order valence-corrected chi connectivity index (χ4v) is 4.23. The van der Waals surface area contributed by atoms with Crippen LogP contribution in [0.4, 0.5) is 10.2 Å². The number of aromatic nitrogens is 3. The summed E-state index contributed by atoms with van der Waals surface area (Å²) < 4.78 is 13.9. The minimum Gasteiger partial charge on any atom is -0.373 e. The van der Waals surface area contributed by atoms with Gasteiger partial charge in [0.2, 0.25) is 0 Å². The summed E-state index contributed by atoms with van der Waals surface area (Å²) in [4.78, 5) is 12.6. The molecule has 0 bridgehead atoms. The lowest BCUT2D eigenvalue weighted by Crippen LogP contribution is -2.09. The van der Waals surface area contributed by atoms with Gasteiger partial charge in [-0.1, -0.05) is 44.9 Å². The van der Waals surface area contributed by atoms with Crippen molar-refractivity contribution in [1.82, 2.24) is 20.3 Å². The molecule has 0 spiro atoms. The van der Waals surface area contributed by atoms with Crippen molar-refractivity contribution < 1.29 is 4.39 Å². The van der Waals surface area contributed by atoms with Crippen molar-refractivity contribution in [2.24, 2.45) is 0 Å². The molecule has 0 saturated carbocycles. The maximum absolute atomic E-state index is 13.9. The molecule has 3 heterocycles. The minimum atomic E-state index is -0.281. The molecule has 0 aliphatic carbocycles. The first-order chi connectivity index (χ1) is 18.4. The van der Waals surface area contributed by atoms with Gasteiger partial charge in [0.05, 0.1) is 0 Å². The number of allylic oxidation sites excluding steroid dienone is 5. The van der Waals surface area contributed by atoms with Crippen molar-refractivity contribution in [2.45, 2.75) is 20.3 Å². The number of pyridine rings is 2. The first-order valence-corrected chi connectivity index (χ1v) is 12.4. The molecule has 1 aromatic carbocycles. The van der Waals surface area contributed by atoms with Crippen molar-refractivity contribution in [2.75, 3.05) is 12.4 Å². The second kappa shape index (κ2) is 11.6. The largest absolute Gasteiger partial charge is 0.373 e. The standard InChI is InChI=1S/C32H32FN5/c1-7-20(4)37-26(9-3)16-22(8-2)24-17-28(31(34-6)36-19-24)21(5)30-18-29-27(13-14-35-32(29)38-30)23-11-10-12-25(33)15-23/h8-19,37H,3-5,7H2,1-2,6H3,(H,34,36)(H,35,38)/b22-8+,26-16+. The van der Waals surface area contributed by atoms with Crippen LogP contribution in [0.5, 0.6) is 0 Å². The Hall–Kier alpha value is -4.71. The van der Waals surface area contributed by atoms with Gasteiger partial charge in [-0.05, 0) is 72.5 Å². The third-order valence-corrected chi connectivity index (χ3v) is 6.37. The van der Waals surface area contributed by atoms with E-state index in [0.717, 1.165) is 62.3 Å². The molecule has 192 valence electrons. The van der Waals surface area contributed by atoms with E-state index in [0.29, 0.717) is 11.5 Å². The van der Waals surface area contributed by atoms with E-state index in [9.17, 15) is 4.39 Å². The molecule has 3 aromatic heterocycles. The van der Waals surface area contributed by atoms with Gasteiger partial charge in [0, 0.05) is 58.6 Å². The highest BCUT2D eigenvalue weighted by Crippen LogP contribution is 2.34. The molecule has 4 aromatic rings. The van der Waals surface area contributed by atoms with Crippen LogP contribution in [0, 0.1) is 5.82 Å². The molecule has 0 aliphatic rings. The van der Waals surface area contributed by atoms with Gasteiger partial charge in [0.1, 0.15) is 17.3 Å². The van der Waals surface area contributed by atoms with Gasteiger partial charge in [-0.3, -0.25) is 0 Å². The van der Waals surface area contributed by atoms with Crippen LogP contribution in [0.1, 0.15) is 37.1 Å². The smallest absolute Gasteiger partial charge is 0.138 e. The Balaban J connectivity index is 1.75. The van der Waals surface area contributed by atoms with E-state index in [-0.39, 0.29) is 5.82 Å². The van der Waals surface area contributed by atoms with E-state index < -0.39 is 0 Å². The van der Waals surface area contributed by atoms with Crippen molar-refractivity contribution in [3.05, 3.63) is 127 Å². The van der Waals surface area contributed by atoms with Crippen molar-refractivity contribution in [1.29, 1.82) is 0 Å². The molecule has 4 rings (SSSR count). The highest BCUT2D eigenvalue weighted by Gasteiger charge is 2.16. The maximum atomic E-state index is 13.9. The molecule has 0 fully saturated rings. The SMILES string of the molecule is C=C/C(=C\C(=C/C)c1cnc(NC)c(C(=C)c2cc3c(-c4cccc(F)c4)ccnc3[nH]2)c1)NC(=C)CC. The Morgan fingerprint density at radius 2 is 1.95 bits per heavy atom. The number of benzene rings is 1. The molecule has 3 N–H and O–H groups in total. The molecule has 0 saturated heterocycles. The summed E-state index contributed by atoms with van der Waals surface area (Å²) in [6.45, 7) is 16.4. The van der Waals surface area contributed by atoms with Gasteiger partial charge in [-0.2, -0.15) is 0 Å². The Morgan fingerprint density at radius 1 is 1.13 bits per heavy atom. The van der Waals surface area contributed by atoms with Crippen molar-refractivity contribution >= 4 is 28.0 Å². The fraction of sp³-hybridized carbons (Fsp3) is 0.125. The molecule has 5 nitrogen and oxygen atoms in total. The maximum Gasteiger partial charge on any atom is 0.138 e. The molecule has 0 unspecified atom stereocenters. The molecule has 38 heavy (non-hydrogen) atoms. The topological polar surface area (TPSA) is 65.6 Å². The van der Waals surface area contributed by atoms with Crippen LogP contribution in [-0.2, 0) is 0 Å². The summed E-state index contributed by atoms with van der Waals surface area (Å²) in [5.41, 5.74) is 8.47. The number of rotatable bonds is 10. The number of H-pyrrole nitrogens is 1. The van der Waals surface area contributed by atoms with Crippen LogP contribution in [0.3, 0.4) is 0 Å². The first kappa shape index (κ1) is 26.4. The first-order valence-electron chi connectivity index (χ1n) is 12.4. The summed E-state index contributed by atoms with van der Waals surface area (Å²) in [5, 5.41) is 7.36. The number of nitrogens with one attached hydrogen (secondary N) is 3. The molecule has 0 radical (unpaired) electrons. The Bertz CT molecular complexity index is 1590. The highest BCUT2D eigenvalue weighted by molar-refractivity contribution is 5.97. The zero-order valence-electron chi connectivity index (χ0n) is 22.0. The van der Waals surface area contributed by atoms with Gasteiger partial charge < -0.3 is 15.6 Å². The fourth-order valence-electron chi connectivity index (χ4n) is 4.23. The number of fused-ring (bicyclic) bond motifs is 1. The van der Waals surface area contributed by atoms with Crippen LogP contribution in [0.15, 0.2) is 104 Å². The Labute approximate surface area is 223 Å². The number of hydrogen-bond donors (Lipinski definition) is 3. The number of nitrogens with zero attached hydrogens (tertiary/aromatic N) is 2. The van der Waals surface area contributed by atoms with Crippen LogP contribution >= 0.6 is 0 Å². The van der Waals surface area contributed by atoms with Crippen LogP contribution in [0.25, 0.3) is 33.3 Å². The molecule has 6 heteroatoms. The van der Waals surface area contributed by atoms with E-state index in [1.54, 1.807) is 18.3 Å². The number of halogens is 1. The van der Waals surface area contributed by atoms with E-state index in [1.165, 1.54) is 12.1 Å². The molecular weight excluding hydrogens is 473 g/mol. The third-order valence-electron chi connectivity index (χ3n) is 6.37. The molecule has 0 amide bonds. The lowest BCUT2D eigenvalue weighted by atomic mass is 9.98. The average molecular weight is 506 g/mol. The Morgan fingerprint density at radius 3 is 2.63 bits per heavy atom. The third kappa shape index (κ3) is 5.49.